The van der Waals surface area contributed by atoms with Crippen molar-refractivity contribution >= 4 is 0 Å². The normalized spacial score (nSPS) is 12.1. The van der Waals surface area contributed by atoms with E-state index in [2.05, 4.69) is 21.0 Å². The fraction of sp³-hybridized carbons (Fsp3) is 0.250. The zero-order valence-electron chi connectivity index (χ0n) is 9.42. The predicted octanol–water partition coefficient (Wildman–Crippen LogP) is 1.46. The van der Waals surface area contributed by atoms with Crippen molar-refractivity contribution in [3.05, 3.63) is 29.8 Å². The monoisotopic (exact) mass is 228 g/mol. The summed E-state index contributed by atoms with van der Waals surface area (Å²) >= 11 is 0. The largest absolute Gasteiger partial charge is 0.337 e. The predicted molar refractivity (Wildman–Crippen MR) is 62.6 cm³/mol. The van der Waals surface area contributed by atoms with Crippen molar-refractivity contribution < 1.29 is 4.52 Å². The molecule has 0 saturated carbocycles. The summed E-state index contributed by atoms with van der Waals surface area (Å²) < 4.78 is 5.05. The van der Waals surface area contributed by atoms with Crippen LogP contribution in [0.4, 0.5) is 0 Å². The van der Waals surface area contributed by atoms with Gasteiger partial charge in [0.15, 0.2) is 0 Å². The SMILES string of the molecule is C#CCC(N)c1nc(-c2cc(C)ccn2)no1. The van der Waals surface area contributed by atoms with Gasteiger partial charge in [-0.3, -0.25) is 4.98 Å². The average molecular weight is 228 g/mol. The van der Waals surface area contributed by atoms with E-state index in [-0.39, 0.29) is 0 Å². The second kappa shape index (κ2) is 4.76. The minimum absolute atomic E-state index is 0.334. The Hall–Kier alpha value is -2.19. The minimum Gasteiger partial charge on any atom is -0.337 e. The van der Waals surface area contributed by atoms with Crippen molar-refractivity contribution in [1.29, 1.82) is 0 Å². The Morgan fingerprint density at radius 2 is 2.41 bits per heavy atom. The molecule has 1 unspecified atom stereocenters. The summed E-state index contributed by atoms with van der Waals surface area (Å²) in [5, 5.41) is 3.83. The van der Waals surface area contributed by atoms with Crippen LogP contribution in [0.5, 0.6) is 0 Å². The number of aromatic nitrogens is 3. The quantitative estimate of drug-likeness (QED) is 0.805. The highest BCUT2D eigenvalue weighted by atomic mass is 16.5. The number of hydrogen-bond acceptors (Lipinski definition) is 5. The van der Waals surface area contributed by atoms with Gasteiger partial charge in [-0.2, -0.15) is 4.98 Å². The molecule has 0 saturated heterocycles. The van der Waals surface area contributed by atoms with E-state index < -0.39 is 6.04 Å². The Labute approximate surface area is 99.1 Å². The van der Waals surface area contributed by atoms with Gasteiger partial charge in [0.05, 0.1) is 6.04 Å². The Morgan fingerprint density at radius 1 is 1.59 bits per heavy atom. The molecule has 2 rings (SSSR count). The second-order valence-electron chi connectivity index (χ2n) is 3.69. The lowest BCUT2D eigenvalue weighted by atomic mass is 10.2. The molecule has 0 bridgehead atoms. The number of hydrogen-bond donors (Lipinski definition) is 1. The van der Waals surface area contributed by atoms with Crippen molar-refractivity contribution in [2.24, 2.45) is 5.73 Å². The van der Waals surface area contributed by atoms with Gasteiger partial charge in [0.2, 0.25) is 11.7 Å². The maximum absolute atomic E-state index is 5.77. The summed E-state index contributed by atoms with van der Waals surface area (Å²) in [7, 11) is 0. The number of aryl methyl sites for hydroxylation is 1. The van der Waals surface area contributed by atoms with Gasteiger partial charge in [0.1, 0.15) is 5.69 Å². The van der Waals surface area contributed by atoms with E-state index >= 15 is 0 Å². The highest BCUT2D eigenvalue weighted by Gasteiger charge is 2.15. The Balaban J connectivity index is 2.27. The summed E-state index contributed by atoms with van der Waals surface area (Å²) in [6.45, 7) is 1.97. The van der Waals surface area contributed by atoms with E-state index in [1.165, 1.54) is 0 Å². The molecule has 0 aliphatic carbocycles. The van der Waals surface area contributed by atoms with Crippen LogP contribution in [0.3, 0.4) is 0 Å². The van der Waals surface area contributed by atoms with Crippen molar-refractivity contribution in [3.8, 4) is 23.9 Å². The van der Waals surface area contributed by atoms with E-state index in [4.69, 9.17) is 16.7 Å². The third kappa shape index (κ3) is 2.49. The van der Waals surface area contributed by atoms with Crippen LogP contribution in [0.25, 0.3) is 11.5 Å². The van der Waals surface area contributed by atoms with Crippen LogP contribution in [-0.2, 0) is 0 Å². The lowest BCUT2D eigenvalue weighted by Gasteiger charge is -1.98. The van der Waals surface area contributed by atoms with Gasteiger partial charge >= 0.3 is 0 Å². The van der Waals surface area contributed by atoms with Crippen LogP contribution in [-0.4, -0.2) is 15.1 Å². The van der Waals surface area contributed by atoms with Gasteiger partial charge in [0.25, 0.3) is 0 Å². The molecular weight excluding hydrogens is 216 g/mol. The molecule has 2 heterocycles. The molecule has 0 amide bonds. The lowest BCUT2D eigenvalue weighted by Crippen LogP contribution is -2.09. The average Bonchev–Trinajstić information content (AvgIpc) is 2.78. The number of terminal acetylenes is 1. The Kier molecular flexibility index (Phi) is 3.17. The molecule has 2 aromatic rings. The molecule has 0 aliphatic heterocycles. The molecule has 5 nitrogen and oxygen atoms in total. The topological polar surface area (TPSA) is 77.8 Å². The Bertz CT molecular complexity index is 556. The van der Waals surface area contributed by atoms with E-state index in [9.17, 15) is 0 Å². The number of pyridine rings is 1. The molecule has 0 aromatic carbocycles. The first kappa shape index (κ1) is 11.3. The molecule has 2 N–H and O–H groups in total. The van der Waals surface area contributed by atoms with Gasteiger partial charge in [-0.15, -0.1) is 12.3 Å². The van der Waals surface area contributed by atoms with Gasteiger partial charge < -0.3 is 10.3 Å². The zero-order chi connectivity index (χ0) is 12.3. The summed E-state index contributed by atoms with van der Waals surface area (Å²) in [5.41, 5.74) is 7.51. The fourth-order valence-electron chi connectivity index (χ4n) is 1.36. The molecule has 1 atom stereocenters. The van der Waals surface area contributed by atoms with Crippen LogP contribution >= 0.6 is 0 Å². The standard InChI is InChI=1S/C12H12N4O/c1-3-4-9(13)12-15-11(16-17-12)10-7-8(2)5-6-14-10/h1,5-7,9H,4,13H2,2H3. The molecular formula is C12H12N4O. The van der Waals surface area contributed by atoms with Gasteiger partial charge in [0, 0.05) is 12.6 Å². The molecule has 86 valence electrons. The van der Waals surface area contributed by atoms with Crippen LogP contribution in [0.15, 0.2) is 22.9 Å². The highest BCUT2D eigenvalue weighted by molar-refractivity contribution is 5.48. The minimum atomic E-state index is -0.425. The third-order valence-electron chi connectivity index (χ3n) is 2.24. The van der Waals surface area contributed by atoms with E-state index in [1.807, 2.05) is 19.1 Å². The van der Waals surface area contributed by atoms with Crippen LogP contribution in [0.1, 0.15) is 23.9 Å². The third-order valence-corrected chi connectivity index (χ3v) is 2.24. The van der Waals surface area contributed by atoms with Crippen molar-refractivity contribution in [2.75, 3.05) is 0 Å². The van der Waals surface area contributed by atoms with E-state index in [1.54, 1.807) is 6.20 Å². The van der Waals surface area contributed by atoms with Crippen LogP contribution < -0.4 is 5.73 Å². The highest BCUT2D eigenvalue weighted by Crippen LogP contribution is 2.17. The first-order valence-corrected chi connectivity index (χ1v) is 5.16. The maximum Gasteiger partial charge on any atom is 0.244 e. The summed E-state index contributed by atoms with van der Waals surface area (Å²) in [6, 6.07) is 3.35. The fourth-order valence-corrected chi connectivity index (χ4v) is 1.36. The van der Waals surface area contributed by atoms with Crippen LogP contribution in [0, 0.1) is 19.3 Å². The van der Waals surface area contributed by atoms with Crippen molar-refractivity contribution in [1.82, 2.24) is 15.1 Å². The van der Waals surface area contributed by atoms with Gasteiger partial charge in [-0.25, -0.2) is 0 Å². The van der Waals surface area contributed by atoms with Gasteiger partial charge in [-0.05, 0) is 24.6 Å². The van der Waals surface area contributed by atoms with Crippen LogP contribution in [0.2, 0.25) is 0 Å². The number of nitrogens with zero attached hydrogens (tertiary/aromatic N) is 3. The van der Waals surface area contributed by atoms with E-state index in [0.717, 1.165) is 5.56 Å². The van der Waals surface area contributed by atoms with E-state index in [0.29, 0.717) is 23.8 Å². The molecule has 5 heteroatoms. The second-order valence-corrected chi connectivity index (χ2v) is 3.69. The summed E-state index contributed by atoms with van der Waals surface area (Å²) in [4.78, 5) is 8.34. The zero-order valence-corrected chi connectivity index (χ0v) is 9.42. The summed E-state index contributed by atoms with van der Waals surface area (Å²) in [6.07, 6.45) is 7.23. The maximum atomic E-state index is 5.77. The Morgan fingerprint density at radius 3 is 3.12 bits per heavy atom. The van der Waals surface area contributed by atoms with Crippen molar-refractivity contribution in [3.63, 3.8) is 0 Å². The summed E-state index contributed by atoms with van der Waals surface area (Å²) in [5.74, 6) is 3.22. The molecule has 0 radical (unpaired) electrons. The molecule has 2 aromatic heterocycles. The molecule has 0 fully saturated rings. The molecule has 0 aliphatic rings. The lowest BCUT2D eigenvalue weighted by molar-refractivity contribution is 0.356. The van der Waals surface area contributed by atoms with Gasteiger partial charge in [-0.1, -0.05) is 5.16 Å². The molecule has 0 spiro atoms. The number of rotatable bonds is 3. The molecule has 17 heavy (non-hydrogen) atoms. The first-order valence-electron chi connectivity index (χ1n) is 5.16. The van der Waals surface area contributed by atoms with Crippen molar-refractivity contribution in [2.45, 2.75) is 19.4 Å². The first-order chi connectivity index (χ1) is 8.20. The number of nitrogens with two attached hydrogens (primary N) is 1. The smallest absolute Gasteiger partial charge is 0.244 e.